The van der Waals surface area contributed by atoms with Gasteiger partial charge in [-0.05, 0) is 75.6 Å². The number of carbonyl (C=O) groups excluding carboxylic acids is 1. The summed E-state index contributed by atoms with van der Waals surface area (Å²) in [4.78, 5) is 17.1. The summed E-state index contributed by atoms with van der Waals surface area (Å²) in [6, 6.07) is 18.8. The van der Waals surface area contributed by atoms with Gasteiger partial charge in [-0.2, -0.15) is 15.1 Å². The summed E-state index contributed by atoms with van der Waals surface area (Å²) in [5.41, 5.74) is 2.70. The minimum absolute atomic E-state index is 0.0519. The molecule has 0 aliphatic carbocycles. The highest BCUT2D eigenvalue weighted by atomic mass is 79.9. The quantitative estimate of drug-likeness (QED) is 0.148. The Balaban J connectivity index is 1.29. The van der Waals surface area contributed by atoms with Crippen LogP contribution in [0.5, 0.6) is 23.0 Å². The normalized spacial score (nSPS) is 15.2. The number of hydrazone groups is 1. The molecule has 5 rings (SSSR count). The van der Waals surface area contributed by atoms with Crippen molar-refractivity contribution in [2.75, 3.05) is 27.4 Å². The molecule has 0 aromatic heterocycles. The van der Waals surface area contributed by atoms with Gasteiger partial charge in [0.1, 0.15) is 18.3 Å². The fraction of sp³-hybridized carbons (Fsp3) is 0.161. The van der Waals surface area contributed by atoms with E-state index in [-0.39, 0.29) is 24.6 Å². The molecule has 3 aromatic rings. The van der Waals surface area contributed by atoms with E-state index < -0.39 is 5.91 Å². The average molecular weight is 648 g/mol. The third-order valence-corrected chi connectivity index (χ3v) is 7.78. The van der Waals surface area contributed by atoms with Crippen molar-refractivity contribution in [1.82, 2.24) is 5.01 Å². The molecule has 0 bridgehead atoms. The third kappa shape index (κ3) is 6.27. The number of amides is 1. The van der Waals surface area contributed by atoms with Crippen molar-refractivity contribution in [3.05, 3.63) is 100 Å². The second-order valence-corrected chi connectivity index (χ2v) is 10.8. The van der Waals surface area contributed by atoms with Crippen molar-refractivity contribution in [3.8, 4) is 23.0 Å². The van der Waals surface area contributed by atoms with Gasteiger partial charge in [-0.15, -0.1) is 6.58 Å². The lowest BCUT2D eigenvalue weighted by Gasteiger charge is -2.20. The van der Waals surface area contributed by atoms with Crippen LogP contribution < -0.4 is 18.9 Å². The second-order valence-electron chi connectivity index (χ2n) is 9.00. The smallest absolute Gasteiger partial charge is 0.283 e. The number of halogens is 1. The molecule has 214 valence electrons. The third-order valence-electron chi connectivity index (χ3n) is 6.23. The van der Waals surface area contributed by atoms with Gasteiger partial charge < -0.3 is 18.9 Å². The Bertz CT molecular complexity index is 1640. The molecule has 0 fully saturated rings. The van der Waals surface area contributed by atoms with E-state index in [4.69, 9.17) is 24.4 Å². The Labute approximate surface area is 256 Å². The van der Waals surface area contributed by atoms with Crippen molar-refractivity contribution in [2.24, 2.45) is 10.1 Å². The Morgan fingerprint density at radius 2 is 1.76 bits per heavy atom. The molecular formula is C31H27BrN4O5S. The Morgan fingerprint density at radius 3 is 2.50 bits per heavy atom. The lowest BCUT2D eigenvalue weighted by molar-refractivity contribution is -0.114. The zero-order valence-corrected chi connectivity index (χ0v) is 25.3. The molecule has 2 aliphatic heterocycles. The Kier molecular flexibility index (Phi) is 9.09. The van der Waals surface area contributed by atoms with Crippen LogP contribution in [0.25, 0.3) is 6.08 Å². The molecule has 0 atom stereocenters. The lowest BCUT2D eigenvalue weighted by atomic mass is 10.1. The van der Waals surface area contributed by atoms with E-state index in [0.29, 0.717) is 43.2 Å². The van der Waals surface area contributed by atoms with Crippen LogP contribution in [0.15, 0.2) is 93.5 Å². The number of hydrogen-bond donors (Lipinski definition) is 1. The summed E-state index contributed by atoms with van der Waals surface area (Å²) in [5, 5.41) is 15.6. The van der Waals surface area contributed by atoms with Crippen LogP contribution in [-0.4, -0.2) is 54.4 Å². The van der Waals surface area contributed by atoms with Gasteiger partial charge in [0, 0.05) is 5.56 Å². The van der Waals surface area contributed by atoms with E-state index in [1.54, 1.807) is 25.3 Å². The van der Waals surface area contributed by atoms with Gasteiger partial charge in [-0.3, -0.25) is 10.2 Å². The molecule has 0 unspecified atom stereocenters. The van der Waals surface area contributed by atoms with E-state index in [1.807, 2.05) is 54.6 Å². The van der Waals surface area contributed by atoms with E-state index in [9.17, 15) is 4.79 Å². The second kappa shape index (κ2) is 13.1. The Morgan fingerprint density at radius 1 is 1.00 bits per heavy atom. The number of methoxy groups -OCH3 is 2. The van der Waals surface area contributed by atoms with Crippen LogP contribution >= 0.6 is 27.7 Å². The number of aliphatic imine (C=N–C) groups is 1. The molecule has 2 heterocycles. The van der Waals surface area contributed by atoms with Gasteiger partial charge in [-0.1, -0.05) is 42.5 Å². The first kappa shape index (κ1) is 29.2. The largest absolute Gasteiger partial charge is 0.493 e. The van der Waals surface area contributed by atoms with E-state index in [0.717, 1.165) is 17.5 Å². The van der Waals surface area contributed by atoms with E-state index >= 15 is 0 Å². The molecule has 1 amide bonds. The molecule has 1 N–H and O–H groups in total. The van der Waals surface area contributed by atoms with Gasteiger partial charge in [0.15, 0.2) is 28.8 Å². The summed E-state index contributed by atoms with van der Waals surface area (Å²) in [7, 11) is 3.13. The minimum Gasteiger partial charge on any atom is -0.493 e. The topological polar surface area (TPSA) is 106 Å². The number of ether oxygens (including phenoxy) is 4. The van der Waals surface area contributed by atoms with Crippen LogP contribution in [-0.2, 0) is 11.2 Å². The van der Waals surface area contributed by atoms with Gasteiger partial charge in [0.25, 0.3) is 5.91 Å². The van der Waals surface area contributed by atoms with Gasteiger partial charge in [0.2, 0.25) is 5.17 Å². The van der Waals surface area contributed by atoms with Crippen LogP contribution in [0.1, 0.15) is 16.7 Å². The van der Waals surface area contributed by atoms with E-state index in [1.165, 1.54) is 23.9 Å². The maximum Gasteiger partial charge on any atom is 0.283 e. The minimum atomic E-state index is -0.510. The molecule has 0 radical (unpaired) electrons. The fourth-order valence-electron chi connectivity index (χ4n) is 4.24. The summed E-state index contributed by atoms with van der Waals surface area (Å²) in [6.45, 7) is 4.27. The fourth-order valence-corrected chi connectivity index (χ4v) is 5.71. The zero-order valence-electron chi connectivity index (χ0n) is 22.9. The number of fused-ring (bicyclic) bond motifs is 1. The molecule has 0 saturated heterocycles. The van der Waals surface area contributed by atoms with Crippen molar-refractivity contribution >= 4 is 55.7 Å². The summed E-state index contributed by atoms with van der Waals surface area (Å²) in [5.74, 6) is 1.62. The average Bonchev–Trinajstić information content (AvgIpc) is 3.43. The van der Waals surface area contributed by atoms with Crippen LogP contribution in [0.3, 0.4) is 0 Å². The first-order valence-corrected chi connectivity index (χ1v) is 14.5. The monoisotopic (exact) mass is 646 g/mol. The highest BCUT2D eigenvalue weighted by Gasteiger charge is 2.36. The molecule has 11 heteroatoms. The molecule has 0 saturated carbocycles. The number of amidine groups is 2. The van der Waals surface area contributed by atoms with Gasteiger partial charge in [-0.25, -0.2) is 0 Å². The number of allylic oxidation sites excluding steroid dienone is 1. The van der Waals surface area contributed by atoms with Crippen LogP contribution in [0.4, 0.5) is 0 Å². The van der Waals surface area contributed by atoms with E-state index in [2.05, 4.69) is 32.6 Å². The zero-order chi connectivity index (χ0) is 29.6. The van der Waals surface area contributed by atoms with Crippen molar-refractivity contribution in [2.45, 2.75) is 6.42 Å². The Hall–Kier alpha value is -4.35. The predicted molar refractivity (Wildman–Crippen MR) is 169 cm³/mol. The molecular weight excluding hydrogens is 620 g/mol. The molecule has 42 heavy (non-hydrogen) atoms. The summed E-state index contributed by atoms with van der Waals surface area (Å²) < 4.78 is 23.5. The van der Waals surface area contributed by atoms with Crippen LogP contribution in [0, 0.1) is 5.41 Å². The highest BCUT2D eigenvalue weighted by Crippen LogP contribution is 2.38. The SMILES string of the molecule is C=CCc1ccc(OCCOc2c(Br)cc(C=C3C(=N)N4N=C(c5ccccc5)SC4=NC3=O)cc2OC)c(OC)c1. The molecule has 9 nitrogen and oxygen atoms in total. The van der Waals surface area contributed by atoms with Crippen molar-refractivity contribution in [1.29, 1.82) is 5.41 Å². The van der Waals surface area contributed by atoms with Crippen LogP contribution in [0.2, 0.25) is 0 Å². The first-order valence-electron chi connectivity index (χ1n) is 12.9. The number of rotatable bonds is 11. The van der Waals surface area contributed by atoms with Crippen molar-refractivity contribution in [3.63, 3.8) is 0 Å². The summed E-state index contributed by atoms with van der Waals surface area (Å²) >= 11 is 4.81. The predicted octanol–water partition coefficient (Wildman–Crippen LogP) is 6.32. The number of nitrogens with one attached hydrogen (secondary N) is 1. The van der Waals surface area contributed by atoms with Gasteiger partial charge in [0.05, 0.1) is 24.3 Å². The lowest BCUT2D eigenvalue weighted by Crippen LogP contribution is -2.35. The standard InChI is InChI=1S/C31H27BrN4O5S/c1-4-8-19-11-12-24(25(17-19)38-2)40-13-14-41-27-23(32)16-20(18-26(27)39-3)15-22-28(33)36-31(34-29(22)37)42-30(35-36)21-9-6-5-7-10-21/h4-7,9-12,15-18,33H,1,8,13-14H2,2-3H3. The number of carbonyl (C=O) groups is 1. The maximum atomic E-state index is 12.9. The number of nitrogens with zero attached hydrogens (tertiary/aromatic N) is 3. The molecule has 2 aliphatic rings. The maximum absolute atomic E-state index is 12.9. The molecule has 0 spiro atoms. The number of thioether (sulfide) groups is 1. The highest BCUT2D eigenvalue weighted by molar-refractivity contribution is 9.10. The number of benzene rings is 3. The van der Waals surface area contributed by atoms with Crippen molar-refractivity contribution < 1.29 is 23.7 Å². The number of hydrogen-bond acceptors (Lipinski definition) is 8. The first-order chi connectivity index (χ1) is 20.4. The molecule has 3 aromatic carbocycles. The van der Waals surface area contributed by atoms with Gasteiger partial charge >= 0.3 is 0 Å². The summed E-state index contributed by atoms with van der Waals surface area (Å²) in [6.07, 6.45) is 4.16.